The number of aromatic nitrogens is 2. The number of aliphatic imine (C=N–C) groups is 1. The first-order valence-corrected chi connectivity index (χ1v) is 13.9. The highest BCUT2D eigenvalue weighted by Crippen LogP contribution is 2.39. The van der Waals surface area contributed by atoms with Crippen molar-refractivity contribution in [3.63, 3.8) is 0 Å². The van der Waals surface area contributed by atoms with Crippen LogP contribution in [0.2, 0.25) is 0 Å². The molecule has 0 radical (unpaired) electrons. The minimum Gasteiger partial charge on any atom is -0.372 e. The van der Waals surface area contributed by atoms with Crippen LogP contribution in [0.4, 0.5) is 14.5 Å². The number of rotatable bonds is 3. The van der Waals surface area contributed by atoms with Crippen LogP contribution in [0.25, 0.3) is 0 Å². The molecule has 4 aliphatic rings. The Morgan fingerprint density at radius 3 is 2.30 bits per heavy atom. The maximum absolute atomic E-state index is 13.9. The van der Waals surface area contributed by atoms with Gasteiger partial charge in [-0.3, -0.25) is 9.48 Å². The average molecular weight is 521 g/mol. The lowest BCUT2D eigenvalue weighted by molar-refractivity contribution is -0.106. The molecule has 208 valence electrons. The topological polar surface area (TPSA) is 79.8 Å². The number of primary amides is 1. The van der Waals surface area contributed by atoms with E-state index in [1.807, 2.05) is 45.0 Å². The molecule has 0 spiro atoms. The van der Waals surface area contributed by atoms with Crippen LogP contribution in [0.5, 0.6) is 0 Å². The third-order valence-corrected chi connectivity index (χ3v) is 7.08. The standard InChI is InChI=1S/C23H31F2N5.2C2H6.CH3NO/c1-15-12-16(2)29(13-15)20-9-8-17-10-11-28(23(17)26-20)19-14-30(27-21(19)22(24)25)18-6-4-3-5-7-18;2*1-2;2-1-3/h8-11,14-18,22-23H,3-7,12-13H2,1-2H3;2*1-2H3;1H,(H2,2,3). The molecule has 1 aromatic rings. The van der Waals surface area contributed by atoms with Gasteiger partial charge in [0.1, 0.15) is 12.0 Å². The van der Waals surface area contributed by atoms with E-state index in [0.29, 0.717) is 17.6 Å². The SMILES string of the molecule is CC.CC.CC1CC(C)N(C2=NC3C(C=C2)C=CN3c2cn(C3CCCCC3)nc2C(F)F)C1.NC=O. The normalized spacial score (nSPS) is 26.4. The zero-order valence-corrected chi connectivity index (χ0v) is 23.4. The van der Waals surface area contributed by atoms with Gasteiger partial charge in [0.25, 0.3) is 6.43 Å². The number of nitrogens with two attached hydrogens (primary N) is 1. The summed E-state index contributed by atoms with van der Waals surface area (Å²) in [4.78, 5) is 17.9. The number of fused-ring (bicyclic) bond motifs is 1. The monoisotopic (exact) mass is 520 g/mol. The van der Waals surface area contributed by atoms with Gasteiger partial charge in [-0.05, 0) is 38.2 Å². The molecule has 5 rings (SSSR count). The summed E-state index contributed by atoms with van der Waals surface area (Å²) in [6.45, 7) is 13.5. The molecule has 4 heterocycles. The van der Waals surface area contributed by atoms with E-state index in [1.54, 1.807) is 4.68 Å². The molecule has 37 heavy (non-hydrogen) atoms. The Kier molecular flexibility index (Phi) is 12.3. The van der Waals surface area contributed by atoms with Gasteiger partial charge >= 0.3 is 0 Å². The van der Waals surface area contributed by atoms with E-state index < -0.39 is 6.43 Å². The summed E-state index contributed by atoms with van der Waals surface area (Å²) >= 11 is 0. The Balaban J connectivity index is 0.000000630. The summed E-state index contributed by atoms with van der Waals surface area (Å²) in [5.41, 5.74) is 4.54. The van der Waals surface area contributed by atoms with E-state index in [2.05, 4.69) is 47.8 Å². The van der Waals surface area contributed by atoms with Crippen LogP contribution in [0.1, 0.15) is 98.2 Å². The number of likely N-dealkylation sites (tertiary alicyclic amines) is 1. The van der Waals surface area contributed by atoms with E-state index in [-0.39, 0.29) is 30.2 Å². The molecule has 0 bridgehead atoms. The summed E-state index contributed by atoms with van der Waals surface area (Å²) in [6, 6.07) is 0.679. The third kappa shape index (κ3) is 7.20. The molecule has 4 atom stereocenters. The molecule has 0 aromatic carbocycles. The predicted molar refractivity (Wildman–Crippen MR) is 148 cm³/mol. The van der Waals surface area contributed by atoms with Gasteiger partial charge in [-0.1, -0.05) is 66.0 Å². The van der Waals surface area contributed by atoms with Crippen LogP contribution < -0.4 is 10.6 Å². The first kappa shape index (κ1) is 30.5. The number of nitrogens with zero attached hydrogens (tertiary/aromatic N) is 5. The number of hydrogen-bond acceptors (Lipinski definition) is 5. The van der Waals surface area contributed by atoms with Crippen molar-refractivity contribution in [1.82, 2.24) is 14.7 Å². The van der Waals surface area contributed by atoms with Gasteiger partial charge in [-0.25, -0.2) is 13.8 Å². The molecule has 1 amide bonds. The first-order valence-electron chi connectivity index (χ1n) is 13.9. The van der Waals surface area contributed by atoms with Crippen molar-refractivity contribution < 1.29 is 13.6 Å². The fourth-order valence-electron chi connectivity index (χ4n) is 5.55. The van der Waals surface area contributed by atoms with Crippen molar-refractivity contribution in [2.75, 3.05) is 11.4 Å². The van der Waals surface area contributed by atoms with E-state index in [9.17, 15) is 8.78 Å². The zero-order valence-electron chi connectivity index (χ0n) is 23.4. The van der Waals surface area contributed by atoms with Crippen LogP contribution >= 0.6 is 0 Å². The summed E-state index contributed by atoms with van der Waals surface area (Å²) in [5, 5.41) is 4.35. The Bertz CT molecular complexity index is 922. The van der Waals surface area contributed by atoms with Gasteiger partial charge < -0.3 is 15.5 Å². The number of halogens is 2. The summed E-state index contributed by atoms with van der Waals surface area (Å²) in [5.74, 6) is 1.72. The molecule has 1 saturated heterocycles. The Labute approximate surface area is 221 Å². The predicted octanol–water partition coefficient (Wildman–Crippen LogP) is 6.45. The summed E-state index contributed by atoms with van der Waals surface area (Å²) < 4.78 is 29.6. The smallest absolute Gasteiger partial charge is 0.284 e. The lowest BCUT2D eigenvalue weighted by atomic mass is 9.96. The van der Waals surface area contributed by atoms with Gasteiger partial charge in [-0.2, -0.15) is 5.10 Å². The first-order chi connectivity index (χ1) is 17.9. The van der Waals surface area contributed by atoms with E-state index in [1.165, 1.54) is 6.42 Å². The number of dihydropyridines is 1. The summed E-state index contributed by atoms with van der Waals surface area (Å²) in [6.07, 6.45) is 14.2. The van der Waals surface area contributed by atoms with Crippen molar-refractivity contribution in [2.24, 2.45) is 22.6 Å². The van der Waals surface area contributed by atoms with Gasteiger partial charge in [0, 0.05) is 30.9 Å². The number of carbonyl (C=O) groups is 1. The zero-order chi connectivity index (χ0) is 27.5. The van der Waals surface area contributed by atoms with Crippen LogP contribution in [-0.4, -0.2) is 45.7 Å². The average Bonchev–Trinajstić information content (AvgIpc) is 3.63. The van der Waals surface area contributed by atoms with Crippen molar-refractivity contribution in [1.29, 1.82) is 0 Å². The van der Waals surface area contributed by atoms with Gasteiger partial charge in [0.05, 0.1) is 11.7 Å². The molecule has 2 fully saturated rings. The number of amides is 1. The fourth-order valence-corrected chi connectivity index (χ4v) is 5.55. The molecule has 3 aliphatic heterocycles. The molecule has 1 saturated carbocycles. The highest BCUT2D eigenvalue weighted by molar-refractivity contribution is 5.94. The second kappa shape index (κ2) is 14.9. The largest absolute Gasteiger partial charge is 0.372 e. The number of carbonyl (C=O) groups excluding carboxylic acids is 1. The number of alkyl halides is 2. The van der Waals surface area contributed by atoms with E-state index in [0.717, 1.165) is 44.5 Å². The van der Waals surface area contributed by atoms with Crippen molar-refractivity contribution in [2.45, 2.75) is 105 Å². The maximum Gasteiger partial charge on any atom is 0.284 e. The Morgan fingerprint density at radius 1 is 1.08 bits per heavy atom. The second-order valence-electron chi connectivity index (χ2n) is 9.54. The quantitative estimate of drug-likeness (QED) is 0.464. The van der Waals surface area contributed by atoms with Crippen LogP contribution in [-0.2, 0) is 4.79 Å². The Morgan fingerprint density at radius 2 is 1.73 bits per heavy atom. The molecular weight excluding hydrogens is 474 g/mol. The van der Waals surface area contributed by atoms with Crippen molar-refractivity contribution in [3.8, 4) is 0 Å². The van der Waals surface area contributed by atoms with Crippen LogP contribution in [0.15, 0.2) is 35.6 Å². The third-order valence-electron chi connectivity index (χ3n) is 7.08. The molecule has 1 aromatic heterocycles. The molecule has 2 N–H and O–H groups in total. The van der Waals surface area contributed by atoms with Crippen LogP contribution in [0.3, 0.4) is 0 Å². The lowest BCUT2D eigenvalue weighted by Gasteiger charge is -2.32. The Hall–Kier alpha value is -2.71. The van der Waals surface area contributed by atoms with E-state index in [4.69, 9.17) is 9.79 Å². The molecule has 7 nitrogen and oxygen atoms in total. The number of amidine groups is 1. The van der Waals surface area contributed by atoms with Gasteiger partial charge in [0.15, 0.2) is 5.69 Å². The van der Waals surface area contributed by atoms with E-state index >= 15 is 0 Å². The van der Waals surface area contributed by atoms with Crippen LogP contribution in [0, 0.1) is 11.8 Å². The molecule has 1 aliphatic carbocycles. The maximum atomic E-state index is 13.9. The second-order valence-corrected chi connectivity index (χ2v) is 9.54. The van der Waals surface area contributed by atoms with Crippen molar-refractivity contribution in [3.05, 3.63) is 36.3 Å². The fraction of sp³-hybridized carbons (Fsp3) is 0.679. The molecular formula is C28H46F2N6O. The molecule has 9 heteroatoms. The minimum atomic E-state index is -2.60. The van der Waals surface area contributed by atoms with Crippen molar-refractivity contribution >= 4 is 17.9 Å². The number of anilines is 1. The highest BCUT2D eigenvalue weighted by atomic mass is 19.3. The lowest BCUT2D eigenvalue weighted by Crippen LogP contribution is -2.39. The summed E-state index contributed by atoms with van der Waals surface area (Å²) in [7, 11) is 0. The number of hydrogen-bond donors (Lipinski definition) is 1. The highest BCUT2D eigenvalue weighted by Gasteiger charge is 2.37. The van der Waals surface area contributed by atoms with Gasteiger partial charge in [-0.15, -0.1) is 0 Å². The minimum absolute atomic E-state index is 0.104. The molecule has 4 unspecified atom stereocenters. The van der Waals surface area contributed by atoms with Gasteiger partial charge in [0.2, 0.25) is 6.41 Å².